The first kappa shape index (κ1) is 31.5. The summed E-state index contributed by atoms with van der Waals surface area (Å²) < 4.78 is 0. The molecule has 0 amide bonds. The normalized spacial score (nSPS) is 13.7. The van der Waals surface area contributed by atoms with Gasteiger partial charge in [0, 0.05) is 0 Å². The van der Waals surface area contributed by atoms with Gasteiger partial charge in [-0.15, -0.1) is 0 Å². The van der Waals surface area contributed by atoms with Crippen molar-refractivity contribution in [3.63, 3.8) is 0 Å². The highest BCUT2D eigenvalue weighted by atomic mass is 16.3. The van der Waals surface area contributed by atoms with Crippen molar-refractivity contribution in [2.75, 3.05) is 7.05 Å². The van der Waals surface area contributed by atoms with E-state index in [0.29, 0.717) is 17.5 Å². The number of hydrogen-bond donors (Lipinski definition) is 3. The number of rotatable bonds is 5. The van der Waals surface area contributed by atoms with Crippen molar-refractivity contribution in [1.82, 2.24) is 0 Å². The molecule has 3 rings (SSSR count). The van der Waals surface area contributed by atoms with Gasteiger partial charge in [0.05, 0.1) is 5.84 Å². The van der Waals surface area contributed by atoms with Crippen molar-refractivity contribution in [1.29, 1.82) is 0 Å². The Morgan fingerprint density at radius 2 is 1.50 bits per heavy atom. The van der Waals surface area contributed by atoms with Crippen molar-refractivity contribution in [2.45, 2.75) is 72.8 Å². The minimum Gasteiger partial charge on any atom is -0.508 e. The summed E-state index contributed by atoms with van der Waals surface area (Å²) in [4.78, 5) is 15.6. The molecule has 0 saturated heterocycles. The van der Waals surface area contributed by atoms with Crippen LogP contribution in [-0.2, 0) is 11.2 Å². The number of hydrogen-bond acceptors (Lipinski definition) is 4. The quantitative estimate of drug-likeness (QED) is 0.404. The molecule has 2 aromatic rings. The first-order valence-electron chi connectivity index (χ1n) is 11.5. The molecule has 0 aromatic heterocycles. The third kappa shape index (κ3) is 16.1. The summed E-state index contributed by atoms with van der Waals surface area (Å²) in [6, 6.07) is 19.3. The number of aromatic hydroxyl groups is 1. The third-order valence-corrected chi connectivity index (χ3v) is 4.55. The summed E-state index contributed by atoms with van der Waals surface area (Å²) in [5.41, 5.74) is 10.6. The van der Waals surface area contributed by atoms with Crippen molar-refractivity contribution in [3.05, 3.63) is 66.2 Å². The highest BCUT2D eigenvalue weighted by molar-refractivity contribution is 5.89. The van der Waals surface area contributed by atoms with Crippen LogP contribution in [0, 0.1) is 5.92 Å². The van der Waals surface area contributed by atoms with Gasteiger partial charge in [-0.3, -0.25) is 9.79 Å². The number of phenolic OH excluding ortho intramolecular Hbond substituents is 1. The fourth-order valence-electron chi connectivity index (χ4n) is 2.70. The molecule has 0 bridgehead atoms. The van der Waals surface area contributed by atoms with Crippen molar-refractivity contribution in [3.8, 4) is 5.75 Å². The number of phenols is 1. The number of Topliss-reactive ketones (excluding diaryl/α,β-unsaturated/α-hetero) is 1. The second-order valence-electron chi connectivity index (χ2n) is 7.41. The number of aryl methyl sites for hydroxylation is 1. The third-order valence-electron chi connectivity index (χ3n) is 4.55. The van der Waals surface area contributed by atoms with Crippen LogP contribution in [0.3, 0.4) is 0 Å². The Morgan fingerprint density at radius 3 is 1.78 bits per heavy atom. The minimum absolute atomic E-state index is 0.115. The van der Waals surface area contributed by atoms with Crippen molar-refractivity contribution < 1.29 is 9.90 Å². The van der Waals surface area contributed by atoms with E-state index in [0.717, 1.165) is 12.8 Å². The molecule has 2 aromatic carbocycles. The van der Waals surface area contributed by atoms with Crippen LogP contribution < -0.4 is 11.5 Å². The van der Waals surface area contributed by atoms with E-state index in [1.807, 2.05) is 69.3 Å². The van der Waals surface area contributed by atoms with Crippen LogP contribution in [-0.4, -0.2) is 29.3 Å². The lowest BCUT2D eigenvalue weighted by molar-refractivity contribution is -0.121. The Bertz CT molecular complexity index is 713. The Labute approximate surface area is 196 Å². The number of benzene rings is 2. The highest BCUT2D eigenvalue weighted by Crippen LogP contribution is 2.38. The summed E-state index contributed by atoms with van der Waals surface area (Å²) in [6.07, 6.45) is 4.31. The van der Waals surface area contributed by atoms with Crippen LogP contribution in [0.15, 0.2) is 65.7 Å². The molecule has 5 heteroatoms. The Morgan fingerprint density at radius 1 is 1.03 bits per heavy atom. The van der Waals surface area contributed by atoms with Gasteiger partial charge in [0.1, 0.15) is 11.3 Å². The number of carbonyl (C=O) groups is 1. The van der Waals surface area contributed by atoms with Crippen molar-refractivity contribution >= 4 is 11.6 Å². The molecule has 1 aliphatic carbocycles. The molecular formula is C27H45N3O2. The van der Waals surface area contributed by atoms with E-state index in [1.165, 1.54) is 25.5 Å². The average Bonchev–Trinajstić information content (AvgIpc) is 3.61. The fraction of sp³-hybridized carbons (Fsp3) is 0.481. The molecule has 1 fully saturated rings. The summed E-state index contributed by atoms with van der Waals surface area (Å²) in [5.74, 6) is 1.66. The first-order valence-corrected chi connectivity index (χ1v) is 11.5. The molecular weight excluding hydrogens is 398 g/mol. The number of aliphatic imine (C=N–C) groups is 1. The standard InChI is InChI=1S/C10H18N2O.C8H10O.C6H6.C2H6.CH5N/c1-7(13)10(3,12-8(2)11)6-9-4-5-9;1-2-7-4-3-5-8(9)6-7;1-2-4-6-5-3-1;2*1-2/h9H,4-6H2,1-3H3,(H2,11,12);3-6,9H,2H2,1H3;1-6H;1-2H3;2H2,1H3. The molecule has 5 N–H and O–H groups in total. The monoisotopic (exact) mass is 443 g/mol. The van der Waals surface area contributed by atoms with Gasteiger partial charge in [0.25, 0.3) is 0 Å². The second-order valence-corrected chi connectivity index (χ2v) is 7.41. The largest absolute Gasteiger partial charge is 0.508 e. The van der Waals surface area contributed by atoms with Gasteiger partial charge in [-0.1, -0.05) is 82.1 Å². The van der Waals surface area contributed by atoms with Crippen LogP contribution in [0.5, 0.6) is 5.75 Å². The zero-order valence-corrected chi connectivity index (χ0v) is 21.1. The van der Waals surface area contributed by atoms with E-state index in [-0.39, 0.29) is 5.78 Å². The number of ketones is 1. The molecule has 0 radical (unpaired) electrons. The summed E-state index contributed by atoms with van der Waals surface area (Å²) in [6.45, 7) is 11.3. The van der Waals surface area contributed by atoms with Gasteiger partial charge in [0.15, 0.2) is 5.78 Å². The molecule has 1 unspecified atom stereocenters. The van der Waals surface area contributed by atoms with Crippen LogP contribution in [0.4, 0.5) is 0 Å². The molecule has 0 heterocycles. The lowest BCUT2D eigenvalue weighted by atomic mass is 9.91. The number of carbonyl (C=O) groups excluding carboxylic acids is 1. The van der Waals surface area contributed by atoms with Crippen LogP contribution >= 0.6 is 0 Å². The van der Waals surface area contributed by atoms with Gasteiger partial charge in [-0.05, 0) is 64.3 Å². The van der Waals surface area contributed by atoms with Crippen LogP contribution in [0.1, 0.15) is 66.4 Å². The van der Waals surface area contributed by atoms with Gasteiger partial charge in [0.2, 0.25) is 0 Å². The van der Waals surface area contributed by atoms with Crippen molar-refractivity contribution in [2.24, 2.45) is 22.4 Å². The molecule has 0 aliphatic heterocycles. The Hall–Kier alpha value is -2.66. The zero-order chi connectivity index (χ0) is 25.0. The number of nitrogens with zero attached hydrogens (tertiary/aromatic N) is 1. The fourth-order valence-corrected chi connectivity index (χ4v) is 2.70. The molecule has 180 valence electrons. The second kappa shape index (κ2) is 19.1. The number of amidine groups is 1. The van der Waals surface area contributed by atoms with E-state index < -0.39 is 5.54 Å². The summed E-state index contributed by atoms with van der Waals surface area (Å²) >= 11 is 0. The van der Waals surface area contributed by atoms with E-state index in [1.54, 1.807) is 26.0 Å². The number of nitrogens with two attached hydrogens (primary N) is 2. The van der Waals surface area contributed by atoms with Gasteiger partial charge in [-0.2, -0.15) is 0 Å². The van der Waals surface area contributed by atoms with Crippen LogP contribution in [0.2, 0.25) is 0 Å². The molecule has 1 atom stereocenters. The van der Waals surface area contributed by atoms with E-state index in [4.69, 9.17) is 10.8 Å². The molecule has 32 heavy (non-hydrogen) atoms. The Kier molecular flexibility index (Phi) is 18.8. The predicted octanol–water partition coefficient (Wildman–Crippen LogP) is 5.75. The maximum Gasteiger partial charge on any atom is 0.157 e. The van der Waals surface area contributed by atoms with E-state index >= 15 is 0 Å². The van der Waals surface area contributed by atoms with Gasteiger partial charge >= 0.3 is 0 Å². The van der Waals surface area contributed by atoms with Crippen LogP contribution in [0.25, 0.3) is 0 Å². The average molecular weight is 444 g/mol. The lowest BCUT2D eigenvalue weighted by Gasteiger charge is -2.22. The lowest BCUT2D eigenvalue weighted by Crippen LogP contribution is -2.34. The van der Waals surface area contributed by atoms with E-state index in [9.17, 15) is 4.79 Å². The molecule has 0 spiro atoms. The predicted molar refractivity (Wildman–Crippen MR) is 139 cm³/mol. The minimum atomic E-state index is -0.569. The molecule has 5 nitrogen and oxygen atoms in total. The zero-order valence-electron chi connectivity index (χ0n) is 21.1. The molecule has 1 aliphatic rings. The first-order chi connectivity index (χ1) is 15.3. The smallest absolute Gasteiger partial charge is 0.157 e. The topological polar surface area (TPSA) is 102 Å². The van der Waals surface area contributed by atoms with E-state index in [2.05, 4.69) is 17.6 Å². The SMILES string of the molecule is CC.CC(=O)C(C)(CC1CC1)N=C(C)N.CCc1cccc(O)c1.CN.c1ccccc1. The Balaban J connectivity index is 0. The maximum atomic E-state index is 11.4. The summed E-state index contributed by atoms with van der Waals surface area (Å²) in [5, 5.41) is 8.94. The maximum absolute atomic E-state index is 11.4. The molecule has 1 saturated carbocycles. The van der Waals surface area contributed by atoms with Gasteiger partial charge < -0.3 is 16.6 Å². The van der Waals surface area contributed by atoms with Gasteiger partial charge in [-0.25, -0.2) is 0 Å². The summed E-state index contributed by atoms with van der Waals surface area (Å²) in [7, 11) is 1.50. The highest BCUT2D eigenvalue weighted by Gasteiger charge is 2.36.